The lowest BCUT2D eigenvalue weighted by molar-refractivity contribution is -0.870. The molecule has 0 radical (unpaired) electrons. The van der Waals surface area contributed by atoms with Gasteiger partial charge in [0.05, 0.1) is 39.9 Å². The lowest BCUT2D eigenvalue weighted by atomic mass is 10.0. The number of carbonyl (C=O) groups excluding carboxylic acids is 1. The van der Waals surface area contributed by atoms with Crippen molar-refractivity contribution in [2.75, 3.05) is 40.9 Å². The van der Waals surface area contributed by atoms with E-state index in [2.05, 4.69) is 116 Å². The Morgan fingerprint density at radius 3 is 1.19 bits per heavy atom. The second-order valence-electron chi connectivity index (χ2n) is 21.7. The standard InChI is InChI=1S/C66H117N2O6P/c1-6-8-10-12-14-16-18-20-22-24-26-28-30-32-33-34-35-36-38-40-42-44-46-48-50-52-54-56-58-60-66(70)67-64(63-74-75(71,72)73-62-61-68(3,4)5)65(69)59-57-55-53-51-49-47-45-43-41-39-37-31-29-27-25-23-21-19-17-15-13-11-9-7-2/h8,10,14,16,20,22,26,28,32-33,35-36,40,42,46,48,57,59,64-65,69H,6-7,9,11-13,15,17-19,21,23-25,27,29-31,34,37-39,41,43-45,47,49-56,58,60-63H2,1-5H3,(H-,67,70,71,72)/b10-8-,16-14-,22-20-,28-26-,33-32-,36-35-,42-40-,48-46-,59-57+. The number of likely N-dealkylation sites (N-methyl/N-ethyl adjacent to an activating group) is 1. The number of rotatable bonds is 55. The molecule has 432 valence electrons. The lowest BCUT2D eigenvalue weighted by Crippen LogP contribution is -2.45. The van der Waals surface area contributed by atoms with Gasteiger partial charge in [0.2, 0.25) is 5.91 Å². The molecular formula is C66H117N2O6P. The fraction of sp³-hybridized carbons (Fsp3) is 0.712. The molecule has 0 aromatic heterocycles. The van der Waals surface area contributed by atoms with E-state index in [1.54, 1.807) is 6.08 Å². The van der Waals surface area contributed by atoms with Crippen LogP contribution in [-0.2, 0) is 18.4 Å². The van der Waals surface area contributed by atoms with Crippen molar-refractivity contribution < 1.29 is 32.9 Å². The third-order valence-electron chi connectivity index (χ3n) is 13.2. The minimum Gasteiger partial charge on any atom is -0.756 e. The van der Waals surface area contributed by atoms with Crippen molar-refractivity contribution in [3.63, 3.8) is 0 Å². The van der Waals surface area contributed by atoms with Crippen LogP contribution in [0.25, 0.3) is 0 Å². The van der Waals surface area contributed by atoms with Gasteiger partial charge in [0.1, 0.15) is 13.2 Å². The van der Waals surface area contributed by atoms with Crippen LogP contribution in [0.3, 0.4) is 0 Å². The molecule has 9 heteroatoms. The number of nitrogens with zero attached hydrogens (tertiary/aromatic N) is 1. The molecule has 3 atom stereocenters. The van der Waals surface area contributed by atoms with Crippen molar-refractivity contribution in [2.24, 2.45) is 0 Å². The summed E-state index contributed by atoms with van der Waals surface area (Å²) >= 11 is 0. The maximum absolute atomic E-state index is 13.0. The lowest BCUT2D eigenvalue weighted by Gasteiger charge is -2.29. The Bertz CT molecular complexity index is 1590. The number of unbranched alkanes of at least 4 members (excludes halogenated alkanes) is 26. The SMILES string of the molecule is CC/C=C\C/C=C\C/C=C\C/C=C\C/C=C\C/C=C\C/C=C\C/C=C\CCCCCCC(=O)NC(COP(=O)([O-])OCC[N+](C)(C)C)C(O)/C=C/CCCCCCCCCCCCCCCCCCCCCCCC. The molecule has 3 unspecified atom stereocenters. The van der Waals surface area contributed by atoms with Crippen molar-refractivity contribution in [3.05, 3.63) is 109 Å². The molecule has 1 amide bonds. The van der Waals surface area contributed by atoms with E-state index in [1.165, 1.54) is 128 Å². The van der Waals surface area contributed by atoms with Crippen LogP contribution in [0.15, 0.2) is 109 Å². The first kappa shape index (κ1) is 72.2. The number of allylic oxidation sites excluding steroid dienone is 17. The largest absolute Gasteiger partial charge is 0.756 e. The highest BCUT2D eigenvalue weighted by atomic mass is 31.2. The molecular weight excluding hydrogens is 948 g/mol. The van der Waals surface area contributed by atoms with Gasteiger partial charge in [-0.1, -0.05) is 271 Å². The molecule has 0 heterocycles. The molecule has 0 fully saturated rings. The molecule has 8 nitrogen and oxygen atoms in total. The zero-order valence-corrected chi connectivity index (χ0v) is 50.1. The summed E-state index contributed by atoms with van der Waals surface area (Å²) in [6.07, 6.45) is 81.7. The van der Waals surface area contributed by atoms with E-state index in [0.29, 0.717) is 17.4 Å². The summed E-state index contributed by atoms with van der Waals surface area (Å²) in [5.41, 5.74) is 0. The minimum atomic E-state index is -4.62. The highest BCUT2D eigenvalue weighted by Gasteiger charge is 2.23. The number of hydrogen-bond acceptors (Lipinski definition) is 6. The fourth-order valence-electron chi connectivity index (χ4n) is 8.46. The first-order chi connectivity index (χ1) is 36.5. The highest BCUT2D eigenvalue weighted by molar-refractivity contribution is 7.45. The summed E-state index contributed by atoms with van der Waals surface area (Å²) < 4.78 is 23.4. The van der Waals surface area contributed by atoms with Crippen molar-refractivity contribution in [1.29, 1.82) is 0 Å². The van der Waals surface area contributed by atoms with Gasteiger partial charge in [-0.05, 0) is 83.5 Å². The van der Waals surface area contributed by atoms with Gasteiger partial charge >= 0.3 is 0 Å². The maximum atomic E-state index is 13.0. The van der Waals surface area contributed by atoms with Crippen LogP contribution in [0.4, 0.5) is 0 Å². The molecule has 0 aliphatic rings. The Hall–Kier alpha value is -2.84. The van der Waals surface area contributed by atoms with Gasteiger partial charge in [-0.15, -0.1) is 0 Å². The van der Waals surface area contributed by atoms with E-state index in [-0.39, 0.29) is 12.5 Å². The van der Waals surface area contributed by atoms with Gasteiger partial charge in [0.15, 0.2) is 0 Å². The normalized spacial score (nSPS) is 14.6. The molecule has 0 saturated carbocycles. The third-order valence-corrected chi connectivity index (χ3v) is 14.2. The second kappa shape index (κ2) is 55.9. The van der Waals surface area contributed by atoms with Crippen LogP contribution in [0.1, 0.15) is 251 Å². The Labute approximate surface area is 463 Å². The van der Waals surface area contributed by atoms with E-state index in [0.717, 1.165) is 103 Å². The topological polar surface area (TPSA) is 108 Å². The summed E-state index contributed by atoms with van der Waals surface area (Å²) in [5.74, 6) is -0.224. The molecule has 2 N–H and O–H groups in total. The predicted octanol–water partition coefficient (Wildman–Crippen LogP) is 18.5. The van der Waals surface area contributed by atoms with E-state index in [1.807, 2.05) is 27.2 Å². The van der Waals surface area contributed by atoms with E-state index < -0.39 is 26.6 Å². The zero-order valence-electron chi connectivity index (χ0n) is 49.2. The van der Waals surface area contributed by atoms with Crippen molar-refractivity contribution in [1.82, 2.24) is 5.32 Å². The van der Waals surface area contributed by atoms with E-state index >= 15 is 0 Å². The molecule has 0 rings (SSSR count). The van der Waals surface area contributed by atoms with E-state index in [4.69, 9.17) is 9.05 Å². The van der Waals surface area contributed by atoms with Crippen LogP contribution >= 0.6 is 7.82 Å². The molecule has 0 spiro atoms. The summed E-state index contributed by atoms with van der Waals surface area (Å²) in [6.45, 7) is 4.52. The van der Waals surface area contributed by atoms with Crippen molar-refractivity contribution in [2.45, 2.75) is 264 Å². The number of hydrogen-bond donors (Lipinski definition) is 2. The van der Waals surface area contributed by atoms with Crippen molar-refractivity contribution in [3.8, 4) is 0 Å². The van der Waals surface area contributed by atoms with Crippen LogP contribution < -0.4 is 10.2 Å². The Balaban J connectivity index is 4.29. The predicted molar refractivity (Wildman–Crippen MR) is 325 cm³/mol. The van der Waals surface area contributed by atoms with Crippen LogP contribution in [0.2, 0.25) is 0 Å². The molecule has 0 saturated heterocycles. The molecule has 0 bridgehead atoms. The summed E-state index contributed by atoms with van der Waals surface area (Å²) in [6, 6.07) is -0.910. The smallest absolute Gasteiger partial charge is 0.268 e. The Kier molecular flexibility index (Phi) is 53.8. The van der Waals surface area contributed by atoms with Gasteiger partial charge in [-0.2, -0.15) is 0 Å². The fourth-order valence-corrected chi connectivity index (χ4v) is 9.19. The van der Waals surface area contributed by atoms with Crippen molar-refractivity contribution >= 4 is 13.7 Å². The van der Waals surface area contributed by atoms with Gasteiger partial charge in [-0.3, -0.25) is 9.36 Å². The minimum absolute atomic E-state index is 0.0120. The number of aliphatic hydroxyl groups is 1. The van der Waals surface area contributed by atoms with Gasteiger partial charge in [0, 0.05) is 6.42 Å². The van der Waals surface area contributed by atoms with Crippen LogP contribution in [0, 0.1) is 0 Å². The number of aliphatic hydroxyl groups excluding tert-OH is 1. The number of quaternary nitrogens is 1. The van der Waals surface area contributed by atoms with E-state index in [9.17, 15) is 19.4 Å². The second-order valence-corrected chi connectivity index (χ2v) is 23.1. The number of phosphoric acid groups is 1. The first-order valence-corrected chi connectivity index (χ1v) is 32.2. The number of carbonyl (C=O) groups is 1. The maximum Gasteiger partial charge on any atom is 0.268 e. The molecule has 0 aromatic rings. The average Bonchev–Trinajstić information content (AvgIpc) is 3.37. The first-order valence-electron chi connectivity index (χ1n) is 30.7. The monoisotopic (exact) mass is 1060 g/mol. The number of amides is 1. The summed E-state index contributed by atoms with van der Waals surface area (Å²) in [5, 5.41) is 13.9. The van der Waals surface area contributed by atoms with Gasteiger partial charge in [-0.25, -0.2) is 0 Å². The quantitative estimate of drug-likeness (QED) is 0.0272. The average molecular weight is 1070 g/mol. The number of nitrogens with one attached hydrogen (secondary N) is 1. The summed E-state index contributed by atoms with van der Waals surface area (Å²) in [4.78, 5) is 25.5. The molecule has 0 aromatic carbocycles. The van der Waals surface area contributed by atoms with Crippen LogP contribution in [0.5, 0.6) is 0 Å². The third kappa shape index (κ3) is 58.7. The zero-order chi connectivity index (χ0) is 54.9. The molecule has 0 aliphatic heterocycles. The molecule has 75 heavy (non-hydrogen) atoms. The summed E-state index contributed by atoms with van der Waals surface area (Å²) in [7, 11) is 1.23. The Morgan fingerprint density at radius 2 is 0.813 bits per heavy atom. The highest BCUT2D eigenvalue weighted by Crippen LogP contribution is 2.38. The van der Waals surface area contributed by atoms with Crippen LogP contribution in [-0.4, -0.2) is 68.5 Å². The molecule has 0 aliphatic carbocycles. The van der Waals surface area contributed by atoms with Gasteiger partial charge in [0.25, 0.3) is 7.82 Å². The Morgan fingerprint density at radius 1 is 0.480 bits per heavy atom. The number of phosphoric ester groups is 1. The van der Waals surface area contributed by atoms with Gasteiger partial charge < -0.3 is 28.8 Å².